The highest BCUT2D eigenvalue weighted by molar-refractivity contribution is 7.93. The first kappa shape index (κ1) is 15.5. The van der Waals surface area contributed by atoms with Gasteiger partial charge in [-0.05, 0) is 26.0 Å². The topological polar surface area (TPSA) is 52.6 Å². The van der Waals surface area contributed by atoms with E-state index in [1.165, 1.54) is 11.3 Å². The van der Waals surface area contributed by atoms with Crippen LogP contribution < -0.4 is 4.74 Å². The fraction of sp³-hybridized carbons (Fsp3) is 0.375. The van der Waals surface area contributed by atoms with Crippen LogP contribution in [0.15, 0.2) is 45.5 Å². The molecule has 3 rings (SSSR count). The van der Waals surface area contributed by atoms with E-state index >= 15 is 0 Å². The molecule has 1 aliphatic heterocycles. The van der Waals surface area contributed by atoms with Crippen LogP contribution in [-0.2, 0) is 14.6 Å². The second-order valence-electron chi connectivity index (χ2n) is 5.90. The van der Waals surface area contributed by atoms with E-state index in [0.29, 0.717) is 21.3 Å². The molecule has 2 heterocycles. The van der Waals surface area contributed by atoms with Crippen LogP contribution in [0.3, 0.4) is 0 Å². The molecule has 0 saturated heterocycles. The molecule has 0 saturated carbocycles. The molecule has 0 aliphatic carbocycles. The van der Waals surface area contributed by atoms with Gasteiger partial charge in [-0.3, -0.25) is 0 Å². The second kappa shape index (κ2) is 5.37. The number of thiophene rings is 1. The smallest absolute Gasteiger partial charge is 0.216 e. The Kier molecular flexibility index (Phi) is 3.79. The highest BCUT2D eigenvalue weighted by atomic mass is 32.2. The standard InChI is InChI=1S/C16H18O4S2/c1-16(2)10-13(19-3)15-12(20-16)9-14(21-15)22(17,18)11-7-5-4-6-8-11/h4-9,13H,10H2,1-3H3. The fourth-order valence-corrected chi connectivity index (χ4v) is 5.49. The zero-order valence-corrected chi connectivity index (χ0v) is 14.3. The van der Waals surface area contributed by atoms with Crippen LogP contribution in [0, 0.1) is 0 Å². The van der Waals surface area contributed by atoms with Gasteiger partial charge in [0.1, 0.15) is 15.6 Å². The Hall–Kier alpha value is -1.37. The normalized spacial score (nSPS) is 20.2. The van der Waals surface area contributed by atoms with Gasteiger partial charge in [-0.25, -0.2) is 8.42 Å². The summed E-state index contributed by atoms with van der Waals surface area (Å²) in [5.41, 5.74) is -0.372. The number of rotatable bonds is 3. The second-order valence-corrected chi connectivity index (χ2v) is 9.16. The van der Waals surface area contributed by atoms with Crippen LogP contribution in [-0.4, -0.2) is 21.1 Å². The molecule has 0 bridgehead atoms. The lowest BCUT2D eigenvalue weighted by molar-refractivity contribution is -0.00792. The van der Waals surface area contributed by atoms with Crippen molar-refractivity contribution in [1.82, 2.24) is 0 Å². The summed E-state index contributed by atoms with van der Waals surface area (Å²) in [7, 11) is -1.88. The largest absolute Gasteiger partial charge is 0.486 e. The van der Waals surface area contributed by atoms with E-state index in [4.69, 9.17) is 9.47 Å². The van der Waals surface area contributed by atoms with Crippen LogP contribution >= 0.6 is 11.3 Å². The molecule has 1 unspecified atom stereocenters. The highest BCUT2D eigenvalue weighted by Crippen LogP contribution is 2.47. The molecule has 22 heavy (non-hydrogen) atoms. The lowest BCUT2D eigenvalue weighted by Crippen LogP contribution is -2.34. The number of sulfone groups is 1. The summed E-state index contributed by atoms with van der Waals surface area (Å²) in [6.07, 6.45) is 0.561. The van der Waals surface area contributed by atoms with Crippen molar-refractivity contribution < 1.29 is 17.9 Å². The van der Waals surface area contributed by atoms with E-state index in [9.17, 15) is 8.42 Å². The average Bonchev–Trinajstić information content (AvgIpc) is 2.90. The minimum Gasteiger partial charge on any atom is -0.486 e. The van der Waals surface area contributed by atoms with Crippen molar-refractivity contribution in [2.45, 2.75) is 41.1 Å². The molecule has 1 aliphatic rings. The van der Waals surface area contributed by atoms with Crippen molar-refractivity contribution in [3.05, 3.63) is 41.3 Å². The quantitative estimate of drug-likeness (QED) is 0.853. The van der Waals surface area contributed by atoms with E-state index in [1.807, 2.05) is 13.8 Å². The number of benzene rings is 1. The Balaban J connectivity index is 2.07. The number of fused-ring (bicyclic) bond motifs is 1. The zero-order valence-electron chi connectivity index (χ0n) is 12.7. The highest BCUT2D eigenvalue weighted by Gasteiger charge is 2.37. The van der Waals surface area contributed by atoms with Gasteiger partial charge in [-0.1, -0.05) is 18.2 Å². The third kappa shape index (κ3) is 2.66. The number of hydrogen-bond acceptors (Lipinski definition) is 5. The predicted octanol–water partition coefficient (Wildman–Crippen LogP) is 3.83. The minimum absolute atomic E-state index is 0.136. The van der Waals surface area contributed by atoms with Gasteiger partial charge in [0.2, 0.25) is 9.84 Å². The molecular weight excluding hydrogens is 320 g/mol. The Morgan fingerprint density at radius 1 is 1.27 bits per heavy atom. The Bertz CT molecular complexity index is 776. The lowest BCUT2D eigenvalue weighted by Gasteiger charge is -2.34. The SMILES string of the molecule is COC1CC(C)(C)Oc2cc(S(=O)(=O)c3ccccc3)sc21. The Morgan fingerprint density at radius 2 is 1.95 bits per heavy atom. The van der Waals surface area contributed by atoms with Gasteiger partial charge >= 0.3 is 0 Å². The van der Waals surface area contributed by atoms with E-state index in [2.05, 4.69) is 0 Å². The van der Waals surface area contributed by atoms with Crippen molar-refractivity contribution in [3.63, 3.8) is 0 Å². The van der Waals surface area contributed by atoms with Crippen molar-refractivity contribution in [2.24, 2.45) is 0 Å². The van der Waals surface area contributed by atoms with E-state index in [1.54, 1.807) is 43.5 Å². The van der Waals surface area contributed by atoms with Crippen molar-refractivity contribution in [1.29, 1.82) is 0 Å². The van der Waals surface area contributed by atoms with Gasteiger partial charge in [-0.15, -0.1) is 11.3 Å². The van der Waals surface area contributed by atoms with Crippen LogP contribution in [0.25, 0.3) is 0 Å². The van der Waals surface area contributed by atoms with Gasteiger partial charge in [0.05, 0.1) is 15.9 Å². The maximum absolute atomic E-state index is 12.7. The summed E-state index contributed by atoms with van der Waals surface area (Å²) in [5.74, 6) is 0.614. The summed E-state index contributed by atoms with van der Waals surface area (Å²) in [6.45, 7) is 3.95. The van der Waals surface area contributed by atoms with E-state index in [0.717, 1.165) is 4.88 Å². The predicted molar refractivity (Wildman–Crippen MR) is 85.3 cm³/mol. The summed E-state index contributed by atoms with van der Waals surface area (Å²) >= 11 is 1.23. The van der Waals surface area contributed by atoms with Crippen molar-refractivity contribution in [2.75, 3.05) is 7.11 Å². The molecule has 0 radical (unpaired) electrons. The summed E-state index contributed by atoms with van der Waals surface area (Å²) < 4.78 is 37.2. The number of methoxy groups -OCH3 is 1. The molecule has 4 nitrogen and oxygen atoms in total. The van der Waals surface area contributed by atoms with Crippen molar-refractivity contribution >= 4 is 21.2 Å². The first-order valence-corrected chi connectivity index (χ1v) is 9.29. The molecule has 2 aromatic rings. The molecule has 0 N–H and O–H groups in total. The van der Waals surface area contributed by atoms with Gasteiger partial charge in [0, 0.05) is 19.6 Å². The van der Waals surface area contributed by atoms with Crippen LogP contribution in [0.2, 0.25) is 0 Å². The summed E-state index contributed by atoms with van der Waals surface area (Å²) in [6, 6.07) is 10.1. The summed E-state index contributed by atoms with van der Waals surface area (Å²) in [4.78, 5) is 1.14. The zero-order chi connectivity index (χ0) is 16.0. The molecule has 6 heteroatoms. The van der Waals surface area contributed by atoms with Gasteiger partial charge in [0.25, 0.3) is 0 Å². The van der Waals surface area contributed by atoms with Crippen LogP contribution in [0.5, 0.6) is 5.75 Å². The molecule has 0 fully saturated rings. The average molecular weight is 338 g/mol. The molecule has 1 aromatic heterocycles. The third-order valence-corrected chi connectivity index (χ3v) is 7.11. The van der Waals surface area contributed by atoms with E-state index in [-0.39, 0.29) is 11.7 Å². The van der Waals surface area contributed by atoms with Gasteiger partial charge < -0.3 is 9.47 Å². The minimum atomic E-state index is -3.52. The molecule has 118 valence electrons. The van der Waals surface area contributed by atoms with E-state index < -0.39 is 9.84 Å². The maximum Gasteiger partial charge on any atom is 0.216 e. The van der Waals surface area contributed by atoms with Crippen LogP contribution in [0.4, 0.5) is 0 Å². The fourth-order valence-electron chi connectivity index (χ4n) is 2.59. The first-order valence-electron chi connectivity index (χ1n) is 6.99. The molecule has 0 amide bonds. The molecule has 1 atom stereocenters. The Morgan fingerprint density at radius 3 is 2.59 bits per heavy atom. The van der Waals surface area contributed by atoms with Gasteiger partial charge in [-0.2, -0.15) is 0 Å². The Labute approximate surface area is 134 Å². The molecule has 1 aromatic carbocycles. The van der Waals surface area contributed by atoms with Crippen LogP contribution in [0.1, 0.15) is 31.2 Å². The van der Waals surface area contributed by atoms with Gasteiger partial charge in [0.15, 0.2) is 0 Å². The molecular formula is C16H18O4S2. The summed E-state index contributed by atoms with van der Waals surface area (Å²) in [5, 5.41) is 0. The lowest BCUT2D eigenvalue weighted by atomic mass is 9.96. The monoisotopic (exact) mass is 338 g/mol. The first-order chi connectivity index (χ1) is 10.3. The van der Waals surface area contributed by atoms with Crippen molar-refractivity contribution in [3.8, 4) is 5.75 Å². The third-order valence-electron chi connectivity index (χ3n) is 3.66. The maximum atomic E-state index is 12.7. The number of hydrogen-bond donors (Lipinski definition) is 0. The molecule has 0 spiro atoms. The number of ether oxygens (including phenoxy) is 2.